The molecule has 0 amide bonds. The molecule has 0 aromatic carbocycles. The van der Waals surface area contributed by atoms with Crippen molar-refractivity contribution in [2.75, 3.05) is 13.2 Å². The van der Waals surface area contributed by atoms with Gasteiger partial charge in [-0.25, -0.2) is 4.79 Å². The van der Waals surface area contributed by atoms with Crippen molar-refractivity contribution in [2.24, 2.45) is 5.73 Å². The molecule has 0 saturated carbocycles. The quantitative estimate of drug-likeness (QED) is 0.410. The van der Waals surface area contributed by atoms with Gasteiger partial charge in [-0.2, -0.15) is 0 Å². The Morgan fingerprint density at radius 2 is 2.40 bits per heavy atom. The predicted molar refractivity (Wildman–Crippen MR) is 36.0 cm³/mol. The van der Waals surface area contributed by atoms with Gasteiger partial charge in [-0.15, -0.1) is 0 Å². The van der Waals surface area contributed by atoms with E-state index in [1.807, 2.05) is 0 Å². The average Bonchev–Trinajstić information content (AvgIpc) is 1.82. The van der Waals surface area contributed by atoms with Gasteiger partial charge in [-0.05, 0) is 6.92 Å². The van der Waals surface area contributed by atoms with Crippen molar-refractivity contribution >= 4 is 5.97 Å². The maximum absolute atomic E-state index is 10.5. The molecule has 0 unspecified atom stereocenters. The highest BCUT2D eigenvalue weighted by Crippen LogP contribution is 1.84. The fourth-order valence-electron chi connectivity index (χ4n) is 0.374. The second kappa shape index (κ2) is 4.81. The van der Waals surface area contributed by atoms with E-state index in [0.717, 1.165) is 6.08 Å². The summed E-state index contributed by atoms with van der Waals surface area (Å²) in [5.41, 5.74) is 5.55. The summed E-state index contributed by atoms with van der Waals surface area (Å²) in [5.74, 6) is -0.519. The number of esters is 1. The van der Waals surface area contributed by atoms with Crippen LogP contribution in [0.3, 0.4) is 0 Å². The summed E-state index contributed by atoms with van der Waals surface area (Å²) >= 11 is 0. The number of hydrogen-bond acceptors (Lipinski definition) is 4. The van der Waals surface area contributed by atoms with Crippen LogP contribution in [0.1, 0.15) is 6.92 Å². The molecule has 0 saturated heterocycles. The van der Waals surface area contributed by atoms with Crippen molar-refractivity contribution in [2.45, 2.75) is 6.92 Å². The maximum Gasteiger partial charge on any atom is 0.332 e. The monoisotopic (exact) mass is 145 g/mol. The highest BCUT2D eigenvalue weighted by Gasteiger charge is 1.94. The van der Waals surface area contributed by atoms with Crippen LogP contribution < -0.4 is 5.73 Å². The zero-order valence-electron chi connectivity index (χ0n) is 5.83. The zero-order chi connectivity index (χ0) is 7.98. The largest absolute Gasteiger partial charge is 0.460 e. The second-order valence-electron chi connectivity index (χ2n) is 1.78. The smallest absolute Gasteiger partial charge is 0.332 e. The third-order valence-corrected chi connectivity index (χ3v) is 0.681. The van der Waals surface area contributed by atoms with Gasteiger partial charge in [0.25, 0.3) is 0 Å². The average molecular weight is 145 g/mol. The molecule has 0 aliphatic carbocycles. The molecule has 4 nitrogen and oxygen atoms in total. The Bertz CT molecular complexity index is 138. The van der Waals surface area contributed by atoms with Crippen LogP contribution >= 0.6 is 0 Å². The lowest BCUT2D eigenvalue weighted by atomic mass is 10.4. The van der Waals surface area contributed by atoms with Crippen molar-refractivity contribution in [1.82, 2.24) is 0 Å². The molecule has 0 bridgehead atoms. The number of aliphatic hydroxyl groups is 1. The highest BCUT2D eigenvalue weighted by atomic mass is 16.5. The van der Waals surface area contributed by atoms with E-state index in [1.54, 1.807) is 6.92 Å². The van der Waals surface area contributed by atoms with E-state index < -0.39 is 5.97 Å². The zero-order valence-corrected chi connectivity index (χ0v) is 5.83. The SMILES string of the molecule is CC(N)=CC(=O)OCCO. The summed E-state index contributed by atoms with van der Waals surface area (Å²) < 4.78 is 4.46. The van der Waals surface area contributed by atoms with Gasteiger partial charge in [0.05, 0.1) is 6.61 Å². The van der Waals surface area contributed by atoms with Crippen molar-refractivity contribution < 1.29 is 14.6 Å². The molecule has 10 heavy (non-hydrogen) atoms. The third-order valence-electron chi connectivity index (χ3n) is 0.681. The van der Waals surface area contributed by atoms with Gasteiger partial charge in [0.1, 0.15) is 6.61 Å². The van der Waals surface area contributed by atoms with Gasteiger partial charge in [0, 0.05) is 11.8 Å². The molecule has 0 aliphatic heterocycles. The molecule has 0 fully saturated rings. The van der Waals surface area contributed by atoms with Crippen LogP contribution in [0, 0.1) is 0 Å². The van der Waals surface area contributed by atoms with Crippen LogP contribution in [0.15, 0.2) is 11.8 Å². The molecule has 0 spiro atoms. The normalized spacial score (nSPS) is 11.2. The molecule has 58 valence electrons. The summed E-state index contributed by atoms with van der Waals surface area (Å²) in [5, 5.41) is 8.22. The first-order valence-electron chi connectivity index (χ1n) is 2.88. The number of carbonyl (C=O) groups is 1. The van der Waals surface area contributed by atoms with Crippen LogP contribution in [0.25, 0.3) is 0 Å². The number of allylic oxidation sites excluding steroid dienone is 1. The fraction of sp³-hybridized carbons (Fsp3) is 0.500. The lowest BCUT2D eigenvalue weighted by Gasteiger charge is -1.96. The van der Waals surface area contributed by atoms with E-state index in [-0.39, 0.29) is 13.2 Å². The minimum atomic E-state index is -0.519. The minimum absolute atomic E-state index is 0.0165. The summed E-state index contributed by atoms with van der Waals surface area (Å²) in [6.07, 6.45) is 1.16. The van der Waals surface area contributed by atoms with Gasteiger partial charge in [-0.1, -0.05) is 0 Å². The Labute approximate surface area is 59.3 Å². The Morgan fingerprint density at radius 3 is 2.80 bits per heavy atom. The lowest BCUT2D eigenvalue weighted by Crippen LogP contribution is -2.07. The Balaban J connectivity index is 3.54. The van der Waals surface area contributed by atoms with Crippen molar-refractivity contribution in [3.05, 3.63) is 11.8 Å². The summed E-state index contributed by atoms with van der Waals surface area (Å²) in [6, 6.07) is 0. The molecule has 0 aromatic heterocycles. The molecule has 0 rings (SSSR count). The van der Waals surface area contributed by atoms with Crippen molar-refractivity contribution in [1.29, 1.82) is 0 Å². The number of ether oxygens (including phenoxy) is 1. The molecular weight excluding hydrogens is 134 g/mol. The van der Waals surface area contributed by atoms with E-state index in [4.69, 9.17) is 10.8 Å². The predicted octanol–water partition coefficient (Wildman–Crippen LogP) is -0.616. The number of hydrogen-bond donors (Lipinski definition) is 2. The van der Waals surface area contributed by atoms with Gasteiger partial charge in [0.15, 0.2) is 0 Å². The molecule has 0 aromatic rings. The topological polar surface area (TPSA) is 72.6 Å². The summed E-state index contributed by atoms with van der Waals surface area (Å²) in [6.45, 7) is 1.44. The molecule has 3 N–H and O–H groups in total. The van der Waals surface area contributed by atoms with Gasteiger partial charge in [-0.3, -0.25) is 0 Å². The van der Waals surface area contributed by atoms with E-state index >= 15 is 0 Å². The Morgan fingerprint density at radius 1 is 1.80 bits per heavy atom. The second-order valence-corrected chi connectivity index (χ2v) is 1.78. The van der Waals surface area contributed by atoms with Gasteiger partial charge >= 0.3 is 5.97 Å². The first kappa shape index (κ1) is 8.97. The van der Waals surface area contributed by atoms with Crippen LogP contribution in [0.2, 0.25) is 0 Å². The maximum atomic E-state index is 10.5. The lowest BCUT2D eigenvalue weighted by molar-refractivity contribution is -0.138. The Hall–Kier alpha value is -1.03. The molecule has 4 heteroatoms. The first-order valence-corrected chi connectivity index (χ1v) is 2.88. The summed E-state index contributed by atoms with van der Waals surface area (Å²) in [4.78, 5) is 10.5. The molecule has 0 radical (unpaired) electrons. The number of carbonyl (C=O) groups excluding carboxylic acids is 1. The van der Waals surface area contributed by atoms with Crippen molar-refractivity contribution in [3.63, 3.8) is 0 Å². The molecule has 0 aliphatic rings. The van der Waals surface area contributed by atoms with Crippen molar-refractivity contribution in [3.8, 4) is 0 Å². The van der Waals surface area contributed by atoms with Crippen LogP contribution in [0.5, 0.6) is 0 Å². The molecule has 0 atom stereocenters. The molecular formula is C6H11NO3. The van der Waals surface area contributed by atoms with Crippen LogP contribution in [-0.4, -0.2) is 24.3 Å². The number of nitrogens with two attached hydrogens (primary N) is 1. The van der Waals surface area contributed by atoms with Gasteiger partial charge < -0.3 is 15.6 Å². The third kappa shape index (κ3) is 5.11. The van der Waals surface area contributed by atoms with E-state index in [1.165, 1.54) is 0 Å². The summed E-state index contributed by atoms with van der Waals surface area (Å²) in [7, 11) is 0. The Kier molecular flexibility index (Phi) is 4.32. The minimum Gasteiger partial charge on any atom is -0.460 e. The molecule has 0 heterocycles. The van der Waals surface area contributed by atoms with Crippen LogP contribution in [0.4, 0.5) is 0 Å². The standard InChI is InChI=1S/C6H11NO3/c1-5(7)4-6(9)10-3-2-8/h4,8H,2-3,7H2,1H3. The fourth-order valence-corrected chi connectivity index (χ4v) is 0.374. The van der Waals surface area contributed by atoms with E-state index in [2.05, 4.69) is 4.74 Å². The first-order chi connectivity index (χ1) is 4.66. The number of rotatable bonds is 3. The number of aliphatic hydroxyl groups excluding tert-OH is 1. The van der Waals surface area contributed by atoms with Gasteiger partial charge in [0.2, 0.25) is 0 Å². The van der Waals surface area contributed by atoms with E-state index in [9.17, 15) is 4.79 Å². The van der Waals surface area contributed by atoms with Crippen LogP contribution in [-0.2, 0) is 9.53 Å². The van der Waals surface area contributed by atoms with E-state index in [0.29, 0.717) is 5.70 Å². The highest BCUT2D eigenvalue weighted by molar-refractivity contribution is 5.82.